The molecule has 1 unspecified atom stereocenters. The Morgan fingerprint density at radius 1 is 1.17 bits per heavy atom. The van der Waals surface area contributed by atoms with Crippen molar-refractivity contribution in [2.45, 2.75) is 52.0 Å². The smallest absolute Gasteiger partial charge is 0.149 e. The van der Waals surface area contributed by atoms with E-state index in [1.807, 2.05) is 0 Å². The molecule has 3 heteroatoms. The third-order valence-electron chi connectivity index (χ3n) is 3.87. The van der Waals surface area contributed by atoms with Crippen molar-refractivity contribution in [3.05, 3.63) is 29.8 Å². The molecule has 1 atom stereocenters. The second kappa shape index (κ2) is 5.25. The Balaban J connectivity index is 2.01. The van der Waals surface area contributed by atoms with Crippen molar-refractivity contribution in [2.24, 2.45) is 5.41 Å². The van der Waals surface area contributed by atoms with Crippen LogP contribution in [0.3, 0.4) is 0 Å². The summed E-state index contributed by atoms with van der Waals surface area (Å²) >= 11 is 0. The number of rotatable bonds is 2. The normalized spacial score (nSPS) is 23.4. The molecule has 1 aliphatic rings. The van der Waals surface area contributed by atoms with E-state index in [1.165, 1.54) is 18.6 Å². The molecule has 18 heavy (non-hydrogen) atoms. The van der Waals surface area contributed by atoms with Gasteiger partial charge in [-0.3, -0.25) is 0 Å². The van der Waals surface area contributed by atoms with Crippen molar-refractivity contribution < 1.29 is 8.78 Å². The van der Waals surface area contributed by atoms with Crippen molar-refractivity contribution in [1.82, 2.24) is 0 Å². The van der Waals surface area contributed by atoms with E-state index in [-0.39, 0.29) is 0 Å². The first kappa shape index (κ1) is 13.3. The van der Waals surface area contributed by atoms with E-state index in [1.54, 1.807) is 0 Å². The van der Waals surface area contributed by atoms with Gasteiger partial charge in [-0.05, 0) is 43.2 Å². The van der Waals surface area contributed by atoms with E-state index in [2.05, 4.69) is 19.2 Å². The summed E-state index contributed by atoms with van der Waals surface area (Å²) in [6, 6.07) is 4.02. The van der Waals surface area contributed by atoms with E-state index >= 15 is 0 Å². The summed E-state index contributed by atoms with van der Waals surface area (Å²) in [7, 11) is 0. The molecule has 0 spiro atoms. The van der Waals surface area contributed by atoms with Crippen molar-refractivity contribution in [3.63, 3.8) is 0 Å². The van der Waals surface area contributed by atoms with Crippen LogP contribution in [0.15, 0.2) is 18.2 Å². The molecule has 0 amide bonds. The van der Waals surface area contributed by atoms with Gasteiger partial charge >= 0.3 is 0 Å². The van der Waals surface area contributed by atoms with Crippen LogP contribution in [0, 0.1) is 17.0 Å². The highest BCUT2D eigenvalue weighted by molar-refractivity contribution is 5.45. The fourth-order valence-electron chi connectivity index (χ4n) is 2.63. The minimum absolute atomic E-state index is 0.298. The largest absolute Gasteiger partial charge is 0.380 e. The molecule has 1 saturated carbocycles. The monoisotopic (exact) mass is 253 g/mol. The fourth-order valence-corrected chi connectivity index (χ4v) is 2.63. The van der Waals surface area contributed by atoms with Gasteiger partial charge in [-0.1, -0.05) is 20.3 Å². The first-order valence-electron chi connectivity index (χ1n) is 6.68. The van der Waals surface area contributed by atoms with E-state index in [0.717, 1.165) is 31.7 Å². The lowest BCUT2D eigenvalue weighted by Crippen LogP contribution is -2.20. The molecule has 0 heterocycles. The Bertz CT molecular complexity index is 415. The molecule has 0 saturated heterocycles. The molecule has 0 bridgehead atoms. The zero-order valence-corrected chi connectivity index (χ0v) is 11.1. The first-order valence-corrected chi connectivity index (χ1v) is 6.68. The Morgan fingerprint density at radius 2 is 1.94 bits per heavy atom. The van der Waals surface area contributed by atoms with Gasteiger partial charge in [-0.2, -0.15) is 0 Å². The molecule has 0 radical (unpaired) electrons. The van der Waals surface area contributed by atoms with Crippen molar-refractivity contribution >= 4 is 5.69 Å². The van der Waals surface area contributed by atoms with Crippen molar-refractivity contribution in [1.29, 1.82) is 0 Å². The summed E-state index contributed by atoms with van der Waals surface area (Å²) in [5, 5.41) is 3.21. The maximum absolute atomic E-state index is 13.6. The second-order valence-electron chi connectivity index (χ2n) is 6.06. The van der Waals surface area contributed by atoms with Crippen LogP contribution in [-0.4, -0.2) is 6.04 Å². The zero-order chi connectivity index (χ0) is 13.2. The second-order valence-corrected chi connectivity index (χ2v) is 6.06. The molecule has 1 aromatic carbocycles. The summed E-state index contributed by atoms with van der Waals surface area (Å²) < 4.78 is 26.4. The minimum atomic E-state index is -0.528. The van der Waals surface area contributed by atoms with Crippen molar-refractivity contribution in [3.8, 4) is 0 Å². The SMILES string of the molecule is CC1(C)CCCC(Nc2ccc(F)cc2F)CC1. The minimum Gasteiger partial charge on any atom is -0.380 e. The summed E-state index contributed by atoms with van der Waals surface area (Å²) in [6.07, 6.45) is 5.63. The van der Waals surface area contributed by atoms with Gasteiger partial charge in [0.05, 0.1) is 5.69 Å². The van der Waals surface area contributed by atoms with Crippen LogP contribution in [0.2, 0.25) is 0 Å². The van der Waals surface area contributed by atoms with Gasteiger partial charge in [-0.15, -0.1) is 0 Å². The lowest BCUT2D eigenvalue weighted by atomic mass is 9.85. The van der Waals surface area contributed by atoms with Crippen LogP contribution in [-0.2, 0) is 0 Å². The van der Waals surface area contributed by atoms with Crippen LogP contribution in [0.25, 0.3) is 0 Å². The lowest BCUT2D eigenvalue weighted by Gasteiger charge is -2.22. The fraction of sp³-hybridized carbons (Fsp3) is 0.600. The predicted octanol–water partition coefficient (Wildman–Crippen LogP) is 4.74. The van der Waals surface area contributed by atoms with Gasteiger partial charge in [0, 0.05) is 12.1 Å². The Kier molecular flexibility index (Phi) is 3.88. The third kappa shape index (κ3) is 3.44. The molecule has 0 aromatic heterocycles. The maximum Gasteiger partial charge on any atom is 0.149 e. The molecule has 1 fully saturated rings. The quantitative estimate of drug-likeness (QED) is 0.751. The predicted molar refractivity (Wildman–Crippen MR) is 70.6 cm³/mol. The van der Waals surface area contributed by atoms with Crippen LogP contribution < -0.4 is 5.32 Å². The Hall–Kier alpha value is -1.12. The molecule has 1 nitrogen and oxygen atoms in total. The first-order chi connectivity index (χ1) is 8.46. The summed E-state index contributed by atoms with van der Waals surface area (Å²) in [5.74, 6) is -1.03. The number of anilines is 1. The summed E-state index contributed by atoms with van der Waals surface area (Å²) in [5.41, 5.74) is 0.804. The van der Waals surface area contributed by atoms with Crippen molar-refractivity contribution in [2.75, 3.05) is 5.32 Å². The molecule has 1 aromatic rings. The average Bonchev–Trinajstić information content (AvgIpc) is 2.44. The Morgan fingerprint density at radius 3 is 2.67 bits per heavy atom. The molecular weight excluding hydrogens is 232 g/mol. The summed E-state index contributed by atoms with van der Waals surface area (Å²) in [6.45, 7) is 4.57. The zero-order valence-electron chi connectivity index (χ0n) is 11.1. The standard InChI is InChI=1S/C15H21F2N/c1-15(2)8-3-4-12(7-9-15)18-14-6-5-11(16)10-13(14)17/h5-6,10,12,18H,3-4,7-9H2,1-2H3. The van der Waals surface area contributed by atoms with Crippen LogP contribution in [0.1, 0.15) is 46.0 Å². The highest BCUT2D eigenvalue weighted by Gasteiger charge is 2.24. The van der Waals surface area contributed by atoms with Crippen LogP contribution in [0.4, 0.5) is 14.5 Å². The van der Waals surface area contributed by atoms with Gasteiger partial charge < -0.3 is 5.32 Å². The third-order valence-corrected chi connectivity index (χ3v) is 3.87. The van der Waals surface area contributed by atoms with E-state index in [9.17, 15) is 8.78 Å². The van der Waals surface area contributed by atoms with Crippen LogP contribution >= 0.6 is 0 Å². The molecule has 1 aliphatic carbocycles. The van der Waals surface area contributed by atoms with Gasteiger partial charge in [0.1, 0.15) is 11.6 Å². The molecule has 1 N–H and O–H groups in total. The summed E-state index contributed by atoms with van der Waals surface area (Å²) in [4.78, 5) is 0. The van der Waals surface area contributed by atoms with Gasteiger partial charge in [0.15, 0.2) is 0 Å². The number of hydrogen-bond donors (Lipinski definition) is 1. The van der Waals surface area contributed by atoms with E-state index < -0.39 is 11.6 Å². The number of benzene rings is 1. The van der Waals surface area contributed by atoms with E-state index in [0.29, 0.717) is 17.1 Å². The molecule has 0 aliphatic heterocycles. The van der Waals surface area contributed by atoms with E-state index in [4.69, 9.17) is 0 Å². The number of halogens is 2. The van der Waals surface area contributed by atoms with Gasteiger partial charge in [-0.25, -0.2) is 8.78 Å². The molecular formula is C15H21F2N. The lowest BCUT2D eigenvalue weighted by molar-refractivity contribution is 0.313. The number of nitrogens with one attached hydrogen (secondary N) is 1. The van der Waals surface area contributed by atoms with Gasteiger partial charge in [0.25, 0.3) is 0 Å². The highest BCUT2D eigenvalue weighted by Crippen LogP contribution is 2.34. The number of hydrogen-bond acceptors (Lipinski definition) is 1. The molecule has 2 rings (SSSR count). The molecule has 100 valence electrons. The maximum atomic E-state index is 13.6. The average molecular weight is 253 g/mol. The highest BCUT2D eigenvalue weighted by atomic mass is 19.1. The van der Waals surface area contributed by atoms with Gasteiger partial charge in [0.2, 0.25) is 0 Å². The van der Waals surface area contributed by atoms with Crippen LogP contribution in [0.5, 0.6) is 0 Å². The Labute approximate surface area is 108 Å². The topological polar surface area (TPSA) is 12.0 Å².